The molecule has 1 saturated carbocycles. The van der Waals surface area contributed by atoms with Gasteiger partial charge in [-0.25, -0.2) is 0 Å². The number of nitrogens with one attached hydrogen (secondary N) is 1. The van der Waals surface area contributed by atoms with Crippen molar-refractivity contribution in [1.29, 1.82) is 0 Å². The Bertz CT molecular complexity index is 344. The first-order valence-electron chi connectivity index (χ1n) is 7.04. The number of hydrazine groups is 1. The topological polar surface area (TPSA) is 47.3 Å². The Kier molecular flexibility index (Phi) is 5.02. The smallest absolute Gasteiger partial charge is 0.119 e. The van der Waals surface area contributed by atoms with Crippen LogP contribution in [0, 0.1) is 5.92 Å². The summed E-state index contributed by atoms with van der Waals surface area (Å²) in [4.78, 5) is 0. The van der Waals surface area contributed by atoms with Crippen molar-refractivity contribution in [1.82, 2.24) is 5.43 Å². The summed E-state index contributed by atoms with van der Waals surface area (Å²) >= 11 is 0. The van der Waals surface area contributed by atoms with E-state index in [-0.39, 0.29) is 6.04 Å². The first-order valence-corrected chi connectivity index (χ1v) is 7.04. The van der Waals surface area contributed by atoms with Crippen molar-refractivity contribution >= 4 is 0 Å². The number of hydrogen-bond donors (Lipinski definition) is 2. The van der Waals surface area contributed by atoms with Crippen molar-refractivity contribution in [3.05, 3.63) is 29.8 Å². The summed E-state index contributed by atoms with van der Waals surface area (Å²) in [5.41, 5.74) is 4.27. The Hall–Kier alpha value is -1.06. The van der Waals surface area contributed by atoms with E-state index in [2.05, 4.69) is 17.6 Å². The molecule has 1 aliphatic rings. The maximum Gasteiger partial charge on any atom is 0.119 e. The Morgan fingerprint density at radius 2 is 1.89 bits per heavy atom. The number of nitrogens with two attached hydrogens (primary N) is 1. The van der Waals surface area contributed by atoms with E-state index in [1.165, 1.54) is 37.7 Å². The van der Waals surface area contributed by atoms with Gasteiger partial charge in [0.05, 0.1) is 6.61 Å². The fraction of sp³-hybridized carbons (Fsp3) is 0.600. The number of hydrogen-bond acceptors (Lipinski definition) is 3. The van der Waals surface area contributed by atoms with Crippen LogP contribution in [0.25, 0.3) is 0 Å². The molecular weight excluding hydrogens is 224 g/mol. The third-order valence-corrected chi connectivity index (χ3v) is 3.85. The second-order valence-corrected chi connectivity index (χ2v) is 5.04. The summed E-state index contributed by atoms with van der Waals surface area (Å²) < 4.78 is 5.47. The second kappa shape index (κ2) is 6.76. The molecule has 3 nitrogen and oxygen atoms in total. The van der Waals surface area contributed by atoms with E-state index in [4.69, 9.17) is 10.6 Å². The standard InChI is InChI=1S/C15H24N2O/c1-2-18-14-10-8-13(9-11-14)15(17-16)12-6-4-3-5-7-12/h8-12,15,17H,2-7,16H2,1H3. The van der Waals surface area contributed by atoms with E-state index in [1.54, 1.807) is 0 Å². The molecule has 0 saturated heterocycles. The van der Waals surface area contributed by atoms with Gasteiger partial charge in [-0.05, 0) is 43.4 Å². The van der Waals surface area contributed by atoms with Crippen molar-refractivity contribution in [2.45, 2.75) is 45.1 Å². The van der Waals surface area contributed by atoms with Crippen LogP contribution in [0.5, 0.6) is 5.75 Å². The maximum atomic E-state index is 5.75. The Morgan fingerprint density at radius 1 is 1.22 bits per heavy atom. The predicted octanol–water partition coefficient (Wildman–Crippen LogP) is 3.17. The molecule has 3 heteroatoms. The van der Waals surface area contributed by atoms with Crippen LogP contribution in [-0.2, 0) is 0 Å². The highest BCUT2D eigenvalue weighted by Crippen LogP contribution is 2.34. The highest BCUT2D eigenvalue weighted by Gasteiger charge is 2.23. The predicted molar refractivity (Wildman–Crippen MR) is 74.3 cm³/mol. The number of benzene rings is 1. The van der Waals surface area contributed by atoms with Gasteiger partial charge in [0.15, 0.2) is 0 Å². The van der Waals surface area contributed by atoms with Gasteiger partial charge in [-0.2, -0.15) is 0 Å². The van der Waals surface area contributed by atoms with Gasteiger partial charge in [0, 0.05) is 6.04 Å². The fourth-order valence-electron chi connectivity index (χ4n) is 2.91. The van der Waals surface area contributed by atoms with E-state index in [9.17, 15) is 0 Å². The van der Waals surface area contributed by atoms with Crippen molar-refractivity contribution in [3.8, 4) is 5.75 Å². The molecule has 0 bridgehead atoms. The van der Waals surface area contributed by atoms with Gasteiger partial charge < -0.3 is 4.74 Å². The lowest BCUT2D eigenvalue weighted by Crippen LogP contribution is -2.34. The molecule has 1 fully saturated rings. The zero-order valence-corrected chi connectivity index (χ0v) is 11.2. The van der Waals surface area contributed by atoms with Crippen LogP contribution in [0.2, 0.25) is 0 Å². The van der Waals surface area contributed by atoms with E-state index in [0.29, 0.717) is 12.5 Å². The van der Waals surface area contributed by atoms with Crippen molar-refractivity contribution < 1.29 is 4.74 Å². The molecule has 18 heavy (non-hydrogen) atoms. The maximum absolute atomic E-state index is 5.75. The van der Waals surface area contributed by atoms with E-state index in [1.807, 2.05) is 19.1 Å². The highest BCUT2D eigenvalue weighted by molar-refractivity contribution is 5.29. The zero-order valence-electron chi connectivity index (χ0n) is 11.2. The van der Waals surface area contributed by atoms with Crippen LogP contribution in [0.15, 0.2) is 24.3 Å². The average Bonchev–Trinajstić information content (AvgIpc) is 2.43. The molecule has 100 valence electrons. The van der Waals surface area contributed by atoms with Gasteiger partial charge in [0.1, 0.15) is 5.75 Å². The van der Waals surface area contributed by atoms with Gasteiger partial charge >= 0.3 is 0 Å². The summed E-state index contributed by atoms with van der Waals surface area (Å²) in [5.74, 6) is 7.35. The monoisotopic (exact) mass is 248 g/mol. The molecule has 1 unspecified atom stereocenters. The summed E-state index contributed by atoms with van der Waals surface area (Å²) in [7, 11) is 0. The summed E-state index contributed by atoms with van der Waals surface area (Å²) in [6.07, 6.45) is 6.60. The van der Waals surface area contributed by atoms with Gasteiger partial charge in [0.2, 0.25) is 0 Å². The molecule has 0 amide bonds. The minimum Gasteiger partial charge on any atom is -0.494 e. The molecule has 1 atom stereocenters. The van der Waals surface area contributed by atoms with Gasteiger partial charge in [-0.3, -0.25) is 11.3 Å². The Labute approximate surface area is 110 Å². The molecule has 1 aromatic rings. The lowest BCUT2D eigenvalue weighted by molar-refractivity contribution is 0.273. The summed E-state index contributed by atoms with van der Waals surface area (Å²) in [6, 6.07) is 8.60. The largest absolute Gasteiger partial charge is 0.494 e. The first kappa shape index (κ1) is 13.4. The molecule has 0 aliphatic heterocycles. The molecule has 0 radical (unpaired) electrons. The molecule has 2 rings (SSSR count). The van der Waals surface area contributed by atoms with E-state index in [0.717, 1.165) is 5.75 Å². The fourth-order valence-corrected chi connectivity index (χ4v) is 2.91. The molecule has 1 aromatic carbocycles. The minimum absolute atomic E-state index is 0.279. The molecular formula is C15H24N2O. The third-order valence-electron chi connectivity index (χ3n) is 3.85. The summed E-state index contributed by atoms with van der Waals surface area (Å²) in [5, 5.41) is 0. The van der Waals surface area contributed by atoms with Crippen molar-refractivity contribution in [2.24, 2.45) is 11.8 Å². The van der Waals surface area contributed by atoms with Gasteiger partial charge in [-0.1, -0.05) is 31.4 Å². The summed E-state index contributed by atoms with van der Waals surface area (Å²) in [6.45, 7) is 2.71. The minimum atomic E-state index is 0.279. The normalized spacial score (nSPS) is 18.6. The average molecular weight is 248 g/mol. The van der Waals surface area contributed by atoms with Crippen molar-refractivity contribution in [3.63, 3.8) is 0 Å². The Balaban J connectivity index is 2.06. The van der Waals surface area contributed by atoms with Gasteiger partial charge in [0.25, 0.3) is 0 Å². The molecule has 3 N–H and O–H groups in total. The SMILES string of the molecule is CCOc1ccc(C(NN)C2CCCCC2)cc1. The third kappa shape index (κ3) is 3.24. The van der Waals surface area contributed by atoms with E-state index < -0.39 is 0 Å². The van der Waals surface area contributed by atoms with E-state index >= 15 is 0 Å². The molecule has 0 heterocycles. The van der Waals surface area contributed by atoms with Crippen LogP contribution >= 0.6 is 0 Å². The lowest BCUT2D eigenvalue weighted by Gasteiger charge is -2.30. The van der Waals surface area contributed by atoms with Crippen LogP contribution in [0.4, 0.5) is 0 Å². The zero-order chi connectivity index (χ0) is 12.8. The Morgan fingerprint density at radius 3 is 2.44 bits per heavy atom. The quantitative estimate of drug-likeness (QED) is 0.621. The van der Waals surface area contributed by atoms with Crippen molar-refractivity contribution in [2.75, 3.05) is 6.61 Å². The van der Waals surface area contributed by atoms with Crippen LogP contribution in [-0.4, -0.2) is 6.61 Å². The first-order chi connectivity index (χ1) is 8.85. The molecule has 0 aromatic heterocycles. The number of ether oxygens (including phenoxy) is 1. The van der Waals surface area contributed by atoms with Crippen LogP contribution < -0.4 is 16.0 Å². The number of rotatable bonds is 5. The molecule has 1 aliphatic carbocycles. The van der Waals surface area contributed by atoms with Crippen LogP contribution in [0.1, 0.15) is 50.6 Å². The lowest BCUT2D eigenvalue weighted by atomic mass is 9.81. The second-order valence-electron chi connectivity index (χ2n) is 5.04. The molecule has 0 spiro atoms. The highest BCUT2D eigenvalue weighted by atomic mass is 16.5. The van der Waals surface area contributed by atoms with Crippen LogP contribution in [0.3, 0.4) is 0 Å². The van der Waals surface area contributed by atoms with Gasteiger partial charge in [-0.15, -0.1) is 0 Å².